The summed E-state index contributed by atoms with van der Waals surface area (Å²) in [6.07, 6.45) is 3.02. The third-order valence-corrected chi connectivity index (χ3v) is 3.39. The van der Waals surface area contributed by atoms with Crippen LogP contribution in [0.15, 0.2) is 4.52 Å². The van der Waals surface area contributed by atoms with E-state index in [0.29, 0.717) is 31.2 Å². The van der Waals surface area contributed by atoms with E-state index in [2.05, 4.69) is 17.1 Å². The molecule has 0 aliphatic heterocycles. The SMILES string of the molecule is CCCC(OC)c1noc(C2(C(=O)OCC)CC2)n1. The van der Waals surface area contributed by atoms with Crippen molar-refractivity contribution in [2.24, 2.45) is 0 Å². The predicted octanol–water partition coefficient (Wildman–Crippen LogP) is 2.15. The summed E-state index contributed by atoms with van der Waals surface area (Å²) in [6, 6.07) is 0. The second kappa shape index (κ2) is 5.69. The van der Waals surface area contributed by atoms with Gasteiger partial charge in [0.05, 0.1) is 6.61 Å². The predicted molar refractivity (Wildman–Crippen MR) is 66.5 cm³/mol. The minimum Gasteiger partial charge on any atom is -0.465 e. The van der Waals surface area contributed by atoms with Gasteiger partial charge in [0, 0.05) is 7.11 Å². The lowest BCUT2D eigenvalue weighted by Gasteiger charge is -2.09. The molecule has 0 aromatic carbocycles. The number of carbonyl (C=O) groups excluding carboxylic acids is 1. The highest BCUT2D eigenvalue weighted by atomic mass is 16.5. The number of esters is 1. The molecule has 1 unspecified atom stereocenters. The quantitative estimate of drug-likeness (QED) is 0.705. The zero-order valence-corrected chi connectivity index (χ0v) is 11.6. The first-order valence-corrected chi connectivity index (χ1v) is 6.72. The average molecular weight is 268 g/mol. The normalized spacial score (nSPS) is 18.1. The molecular formula is C13H20N2O4. The Kier molecular flexibility index (Phi) is 4.19. The van der Waals surface area contributed by atoms with Crippen molar-refractivity contribution in [2.45, 2.75) is 51.0 Å². The van der Waals surface area contributed by atoms with Crippen LogP contribution in [0.4, 0.5) is 0 Å². The molecule has 1 atom stereocenters. The Morgan fingerprint density at radius 3 is 2.74 bits per heavy atom. The van der Waals surface area contributed by atoms with E-state index in [4.69, 9.17) is 14.0 Å². The van der Waals surface area contributed by atoms with E-state index in [1.807, 2.05) is 0 Å². The fourth-order valence-corrected chi connectivity index (χ4v) is 2.07. The van der Waals surface area contributed by atoms with E-state index >= 15 is 0 Å². The van der Waals surface area contributed by atoms with Gasteiger partial charge in [-0.2, -0.15) is 4.98 Å². The van der Waals surface area contributed by atoms with Gasteiger partial charge >= 0.3 is 5.97 Å². The summed E-state index contributed by atoms with van der Waals surface area (Å²) in [6.45, 7) is 4.21. The molecule has 1 aromatic rings. The summed E-state index contributed by atoms with van der Waals surface area (Å²) in [5.41, 5.74) is -0.703. The zero-order chi connectivity index (χ0) is 13.9. The van der Waals surface area contributed by atoms with Crippen LogP contribution in [0.5, 0.6) is 0 Å². The second-order valence-corrected chi connectivity index (χ2v) is 4.77. The first-order valence-electron chi connectivity index (χ1n) is 6.72. The fraction of sp³-hybridized carbons (Fsp3) is 0.769. The minimum absolute atomic E-state index is 0.180. The molecule has 106 valence electrons. The lowest BCUT2D eigenvalue weighted by Crippen LogP contribution is -2.23. The highest BCUT2D eigenvalue weighted by Gasteiger charge is 2.57. The number of ether oxygens (including phenoxy) is 2. The van der Waals surface area contributed by atoms with E-state index < -0.39 is 5.41 Å². The summed E-state index contributed by atoms with van der Waals surface area (Å²) in [5, 5.41) is 3.94. The summed E-state index contributed by atoms with van der Waals surface area (Å²) in [7, 11) is 1.62. The van der Waals surface area contributed by atoms with Gasteiger partial charge < -0.3 is 14.0 Å². The van der Waals surface area contributed by atoms with Gasteiger partial charge in [-0.1, -0.05) is 18.5 Å². The monoisotopic (exact) mass is 268 g/mol. The van der Waals surface area contributed by atoms with Crippen LogP contribution in [0.1, 0.15) is 57.3 Å². The average Bonchev–Trinajstić information content (AvgIpc) is 3.08. The van der Waals surface area contributed by atoms with E-state index in [9.17, 15) is 4.79 Å². The standard InChI is InChI=1S/C13H20N2O4/c1-4-6-9(17-3)10-14-11(19-15-10)13(7-8-13)12(16)18-5-2/h9H,4-8H2,1-3H3. The second-order valence-electron chi connectivity index (χ2n) is 4.77. The molecule has 1 aliphatic rings. The number of rotatable bonds is 7. The molecular weight excluding hydrogens is 248 g/mol. The van der Waals surface area contributed by atoms with Gasteiger partial charge in [0.25, 0.3) is 0 Å². The van der Waals surface area contributed by atoms with Crippen molar-refractivity contribution in [3.63, 3.8) is 0 Å². The molecule has 0 bridgehead atoms. The van der Waals surface area contributed by atoms with Gasteiger partial charge in [-0.25, -0.2) is 0 Å². The van der Waals surface area contributed by atoms with E-state index in [1.165, 1.54) is 0 Å². The van der Waals surface area contributed by atoms with Crippen molar-refractivity contribution in [2.75, 3.05) is 13.7 Å². The molecule has 0 N–H and O–H groups in total. The molecule has 1 aliphatic carbocycles. The lowest BCUT2D eigenvalue weighted by atomic mass is 10.1. The summed E-state index contributed by atoms with van der Waals surface area (Å²) < 4.78 is 15.6. The largest absolute Gasteiger partial charge is 0.465 e. The molecule has 0 spiro atoms. The summed E-state index contributed by atoms with van der Waals surface area (Å²) in [5.74, 6) is 0.601. The van der Waals surface area contributed by atoms with Crippen LogP contribution < -0.4 is 0 Å². The van der Waals surface area contributed by atoms with Gasteiger partial charge in [0.15, 0.2) is 0 Å². The number of methoxy groups -OCH3 is 1. The molecule has 0 radical (unpaired) electrons. The Morgan fingerprint density at radius 2 is 2.21 bits per heavy atom. The van der Waals surface area contributed by atoms with E-state index in [1.54, 1.807) is 14.0 Å². The van der Waals surface area contributed by atoms with Gasteiger partial charge in [-0.3, -0.25) is 4.79 Å². The maximum atomic E-state index is 11.9. The fourth-order valence-electron chi connectivity index (χ4n) is 2.07. The number of nitrogens with zero attached hydrogens (tertiary/aromatic N) is 2. The van der Waals surface area contributed by atoms with Gasteiger partial charge in [0.2, 0.25) is 11.7 Å². The van der Waals surface area contributed by atoms with Crippen molar-refractivity contribution in [1.82, 2.24) is 10.1 Å². The van der Waals surface area contributed by atoms with Crippen LogP contribution in [0.2, 0.25) is 0 Å². The number of carbonyl (C=O) groups is 1. The Labute approximate surface area is 112 Å². The molecule has 2 rings (SSSR count). The van der Waals surface area contributed by atoms with Crippen LogP contribution in [0, 0.1) is 0 Å². The summed E-state index contributed by atoms with van der Waals surface area (Å²) in [4.78, 5) is 16.3. The first kappa shape index (κ1) is 14.0. The highest BCUT2D eigenvalue weighted by Crippen LogP contribution is 2.48. The number of hydrogen-bond donors (Lipinski definition) is 0. The van der Waals surface area contributed by atoms with Crippen molar-refractivity contribution >= 4 is 5.97 Å². The Morgan fingerprint density at radius 1 is 1.47 bits per heavy atom. The van der Waals surface area contributed by atoms with Crippen LogP contribution in [0.25, 0.3) is 0 Å². The van der Waals surface area contributed by atoms with Gasteiger partial charge in [-0.15, -0.1) is 0 Å². The molecule has 6 heteroatoms. The van der Waals surface area contributed by atoms with Crippen molar-refractivity contribution in [1.29, 1.82) is 0 Å². The third kappa shape index (κ3) is 2.63. The van der Waals surface area contributed by atoms with Crippen LogP contribution in [0.3, 0.4) is 0 Å². The molecule has 0 amide bonds. The highest BCUT2D eigenvalue weighted by molar-refractivity contribution is 5.85. The third-order valence-electron chi connectivity index (χ3n) is 3.39. The zero-order valence-electron chi connectivity index (χ0n) is 11.6. The van der Waals surface area contributed by atoms with Gasteiger partial charge in [0.1, 0.15) is 11.5 Å². The Hall–Kier alpha value is -1.43. The lowest BCUT2D eigenvalue weighted by molar-refractivity contribution is -0.146. The van der Waals surface area contributed by atoms with Gasteiger partial charge in [-0.05, 0) is 26.2 Å². The van der Waals surface area contributed by atoms with Crippen LogP contribution in [-0.2, 0) is 19.7 Å². The minimum atomic E-state index is -0.703. The molecule has 1 heterocycles. The molecule has 1 aromatic heterocycles. The summed E-state index contributed by atoms with van der Waals surface area (Å²) >= 11 is 0. The van der Waals surface area contributed by atoms with Crippen molar-refractivity contribution in [3.05, 3.63) is 11.7 Å². The number of aromatic nitrogens is 2. The molecule has 1 saturated carbocycles. The maximum Gasteiger partial charge on any atom is 0.321 e. The molecule has 6 nitrogen and oxygen atoms in total. The van der Waals surface area contributed by atoms with Crippen LogP contribution in [-0.4, -0.2) is 29.8 Å². The topological polar surface area (TPSA) is 74.5 Å². The van der Waals surface area contributed by atoms with Crippen molar-refractivity contribution < 1.29 is 18.8 Å². The van der Waals surface area contributed by atoms with Crippen molar-refractivity contribution in [3.8, 4) is 0 Å². The Balaban J connectivity index is 2.14. The number of hydrogen-bond acceptors (Lipinski definition) is 6. The first-order chi connectivity index (χ1) is 9.17. The smallest absolute Gasteiger partial charge is 0.321 e. The van der Waals surface area contributed by atoms with E-state index in [0.717, 1.165) is 12.8 Å². The van der Waals surface area contributed by atoms with E-state index in [-0.39, 0.29) is 12.1 Å². The Bertz CT molecular complexity index is 440. The molecule has 0 saturated heterocycles. The molecule has 1 fully saturated rings. The maximum absolute atomic E-state index is 11.9. The molecule has 19 heavy (non-hydrogen) atoms. The van der Waals surface area contributed by atoms with Crippen LogP contribution >= 0.6 is 0 Å².